The average molecular weight is 404 g/mol. The predicted molar refractivity (Wildman–Crippen MR) is 118 cm³/mol. The van der Waals surface area contributed by atoms with E-state index in [1.165, 1.54) is 10.4 Å². The van der Waals surface area contributed by atoms with Crippen molar-refractivity contribution in [2.24, 2.45) is 0 Å². The Morgan fingerprint density at radius 1 is 0.692 bits per heavy atom. The molecule has 26 heavy (non-hydrogen) atoms. The van der Waals surface area contributed by atoms with Crippen molar-refractivity contribution >= 4 is 35.8 Å². The third-order valence-corrected chi connectivity index (χ3v) is 7.91. The van der Waals surface area contributed by atoms with Crippen molar-refractivity contribution in [2.45, 2.75) is 39.3 Å². The minimum Gasteiger partial charge on any atom is -0.544 e. The van der Waals surface area contributed by atoms with Gasteiger partial charge in [-0.3, -0.25) is 0 Å². The molecule has 0 N–H and O–H groups in total. The van der Waals surface area contributed by atoms with Gasteiger partial charge in [0.05, 0.1) is 0 Å². The lowest BCUT2D eigenvalue weighted by Crippen LogP contribution is -2.49. The Bertz CT molecular complexity index is 661. The fourth-order valence-electron chi connectivity index (χ4n) is 2.71. The maximum absolute atomic E-state index is 6.40. The van der Waals surface area contributed by atoms with Gasteiger partial charge in [-0.25, -0.2) is 0 Å². The van der Waals surface area contributed by atoms with E-state index in [4.69, 9.17) is 13.6 Å². The highest BCUT2D eigenvalue weighted by molar-refractivity contribution is 6.87. The lowest BCUT2D eigenvalue weighted by Gasteiger charge is -2.27. The van der Waals surface area contributed by atoms with Crippen LogP contribution in [0.2, 0.25) is 39.3 Å². The Labute approximate surface area is 162 Å². The predicted octanol–water partition coefficient (Wildman–Crippen LogP) is 3.91. The summed E-state index contributed by atoms with van der Waals surface area (Å²) in [7, 11) is -2.81. The molecule has 0 bridgehead atoms. The van der Waals surface area contributed by atoms with Gasteiger partial charge in [-0.15, -0.1) is 0 Å². The van der Waals surface area contributed by atoms with Crippen molar-refractivity contribution in [2.75, 3.05) is 13.3 Å². The largest absolute Gasteiger partial charge is 0.544 e. The van der Waals surface area contributed by atoms with Gasteiger partial charge >= 0.3 is 0 Å². The minimum absolute atomic E-state index is 0.683. The monoisotopic (exact) mass is 403 g/mol. The summed E-state index contributed by atoms with van der Waals surface area (Å²) in [4.78, 5) is 0. The molecule has 3 nitrogen and oxygen atoms in total. The molecule has 0 amide bonds. The first-order chi connectivity index (χ1) is 12.1. The highest BCUT2D eigenvalue weighted by Crippen LogP contribution is 2.18. The van der Waals surface area contributed by atoms with Crippen molar-refractivity contribution in [1.29, 1.82) is 0 Å². The third kappa shape index (κ3) is 6.12. The Balaban J connectivity index is 2.52. The van der Waals surface area contributed by atoms with Gasteiger partial charge < -0.3 is 13.6 Å². The van der Waals surface area contributed by atoms with Crippen LogP contribution in [0.1, 0.15) is 0 Å². The Morgan fingerprint density at radius 3 is 1.42 bits per heavy atom. The molecule has 6 heteroatoms. The van der Waals surface area contributed by atoms with Crippen molar-refractivity contribution in [3.63, 3.8) is 0 Å². The van der Waals surface area contributed by atoms with Crippen LogP contribution in [0.15, 0.2) is 48.5 Å². The molecule has 0 aliphatic carbocycles. The maximum atomic E-state index is 6.40. The van der Waals surface area contributed by atoms with Gasteiger partial charge in [-0.1, -0.05) is 36.4 Å². The van der Waals surface area contributed by atoms with Crippen LogP contribution >= 0.6 is 0 Å². The van der Waals surface area contributed by atoms with Gasteiger partial charge in [0.1, 0.15) is 11.5 Å². The molecule has 2 rings (SSSR count). The molecule has 0 aromatic heterocycles. The summed E-state index contributed by atoms with van der Waals surface area (Å²) in [5.41, 5.74) is 0. The Hall–Kier alpha value is -1.35. The molecule has 0 aliphatic heterocycles. The Kier molecular flexibility index (Phi) is 6.90. The highest BCUT2D eigenvalue weighted by atomic mass is 28.4. The SMILES string of the molecule is COC[Si](c1ccccc1O[Si](C)(C)C)c1ccccc1O[Si](C)(C)C. The second-order valence-corrected chi connectivity index (χ2v) is 19.5. The van der Waals surface area contributed by atoms with E-state index in [0.29, 0.717) is 6.23 Å². The van der Waals surface area contributed by atoms with E-state index >= 15 is 0 Å². The lowest BCUT2D eigenvalue weighted by atomic mass is 10.3. The molecule has 0 aliphatic rings. The normalized spacial score (nSPS) is 12.3. The summed E-state index contributed by atoms with van der Waals surface area (Å²) in [6.07, 6.45) is 0.683. The van der Waals surface area contributed by atoms with E-state index in [-0.39, 0.29) is 0 Å². The molecule has 0 heterocycles. The van der Waals surface area contributed by atoms with E-state index in [1.807, 2.05) is 0 Å². The molecular formula is C20H31O3Si3. The smallest absolute Gasteiger partial charge is 0.242 e. The molecule has 0 fully saturated rings. The van der Waals surface area contributed by atoms with Gasteiger partial charge in [0.15, 0.2) is 8.80 Å². The summed E-state index contributed by atoms with van der Waals surface area (Å²) in [6, 6.07) is 16.9. The zero-order chi connectivity index (χ0) is 19.4. The van der Waals surface area contributed by atoms with Crippen molar-refractivity contribution in [1.82, 2.24) is 0 Å². The first-order valence-corrected chi connectivity index (χ1v) is 17.5. The quantitative estimate of drug-likeness (QED) is 0.626. The van der Waals surface area contributed by atoms with E-state index < -0.39 is 25.4 Å². The molecule has 0 atom stereocenters. The Morgan fingerprint density at radius 2 is 1.08 bits per heavy atom. The van der Waals surface area contributed by atoms with Crippen LogP contribution < -0.4 is 19.2 Å². The first kappa shape index (κ1) is 21.0. The van der Waals surface area contributed by atoms with E-state index in [1.54, 1.807) is 7.11 Å². The molecule has 0 unspecified atom stereocenters. The van der Waals surface area contributed by atoms with Crippen molar-refractivity contribution in [3.05, 3.63) is 48.5 Å². The summed E-state index contributed by atoms with van der Waals surface area (Å²) in [6.45, 7) is 13.3. The number of methoxy groups -OCH3 is 1. The topological polar surface area (TPSA) is 27.7 Å². The molecule has 0 spiro atoms. The van der Waals surface area contributed by atoms with Gasteiger partial charge in [-0.05, 0) is 61.8 Å². The van der Waals surface area contributed by atoms with Gasteiger partial charge in [0.2, 0.25) is 16.6 Å². The fourth-order valence-corrected chi connectivity index (χ4v) is 6.94. The van der Waals surface area contributed by atoms with E-state index in [9.17, 15) is 0 Å². The van der Waals surface area contributed by atoms with Crippen molar-refractivity contribution in [3.8, 4) is 11.5 Å². The molecule has 2 aromatic carbocycles. The van der Waals surface area contributed by atoms with Crippen LogP contribution in [0.4, 0.5) is 0 Å². The summed E-state index contributed by atoms with van der Waals surface area (Å²) >= 11 is 0. The first-order valence-electron chi connectivity index (χ1n) is 9.02. The molecule has 2 aromatic rings. The van der Waals surface area contributed by atoms with Gasteiger partial charge in [0.25, 0.3) is 0 Å². The van der Waals surface area contributed by atoms with Crippen LogP contribution in [0, 0.1) is 0 Å². The standard InChI is InChI=1S/C20H31O3Si3/c1-21-16-24(19-14-10-8-12-17(19)22-25(2,3)4)20-15-11-9-13-18(20)23-26(5,6)7/h8-15H,16H2,1-7H3. The fraction of sp³-hybridized carbons (Fsp3) is 0.400. The zero-order valence-corrected chi connectivity index (χ0v) is 20.1. The van der Waals surface area contributed by atoms with Crippen LogP contribution in [0.3, 0.4) is 0 Å². The minimum atomic E-state index is -1.70. The number of hydrogen-bond acceptors (Lipinski definition) is 3. The summed E-state index contributed by atoms with van der Waals surface area (Å²) < 4.78 is 18.4. The van der Waals surface area contributed by atoms with Crippen molar-refractivity contribution < 1.29 is 13.6 Å². The maximum Gasteiger partial charge on any atom is 0.242 e. The molecule has 141 valence electrons. The van der Waals surface area contributed by atoms with Crippen LogP contribution in [-0.4, -0.2) is 38.8 Å². The second-order valence-electron chi connectivity index (χ2n) is 8.33. The number of rotatable bonds is 8. The highest BCUT2D eigenvalue weighted by Gasteiger charge is 2.28. The summed E-state index contributed by atoms with van der Waals surface area (Å²) in [5.74, 6) is 2.00. The third-order valence-electron chi connectivity index (χ3n) is 3.55. The van der Waals surface area contributed by atoms with Gasteiger partial charge in [-0.2, -0.15) is 0 Å². The van der Waals surface area contributed by atoms with E-state index in [0.717, 1.165) is 11.5 Å². The number of hydrogen-bond donors (Lipinski definition) is 0. The van der Waals surface area contributed by atoms with Crippen LogP contribution in [-0.2, 0) is 4.74 Å². The molecule has 0 saturated carbocycles. The van der Waals surface area contributed by atoms with Crippen LogP contribution in [0.5, 0.6) is 11.5 Å². The molecule has 1 radical (unpaired) electrons. The zero-order valence-electron chi connectivity index (χ0n) is 17.1. The lowest BCUT2D eigenvalue weighted by molar-refractivity contribution is 0.251. The van der Waals surface area contributed by atoms with Gasteiger partial charge in [0, 0.05) is 13.3 Å². The van der Waals surface area contributed by atoms with E-state index in [2.05, 4.69) is 87.8 Å². The van der Waals surface area contributed by atoms with Crippen LogP contribution in [0.25, 0.3) is 0 Å². The molecular weight excluding hydrogens is 372 g/mol. The number of para-hydroxylation sites is 2. The summed E-state index contributed by atoms with van der Waals surface area (Å²) in [5, 5.41) is 2.52. The number of benzene rings is 2. The number of ether oxygens (including phenoxy) is 1. The second kappa shape index (κ2) is 8.56. The average Bonchev–Trinajstić information content (AvgIpc) is 2.51. The molecule has 0 saturated heterocycles.